The molecular formula is C17H23NO5. The molecule has 6 heteroatoms. The van der Waals surface area contributed by atoms with E-state index in [0.29, 0.717) is 13.0 Å². The zero-order chi connectivity index (χ0) is 17.3. The summed E-state index contributed by atoms with van der Waals surface area (Å²) >= 11 is 0. The molecule has 1 amide bonds. The van der Waals surface area contributed by atoms with E-state index in [2.05, 4.69) is 5.32 Å². The third kappa shape index (κ3) is 3.94. The van der Waals surface area contributed by atoms with Crippen LogP contribution < -0.4 is 10.1 Å². The summed E-state index contributed by atoms with van der Waals surface area (Å²) in [5.41, 5.74) is -1.12. The van der Waals surface area contributed by atoms with Crippen LogP contribution in [0, 0.1) is 0 Å². The third-order valence-corrected chi connectivity index (χ3v) is 3.66. The molecule has 0 bridgehead atoms. The Labute approximate surface area is 135 Å². The van der Waals surface area contributed by atoms with Crippen LogP contribution in [0.1, 0.15) is 45.6 Å². The van der Waals surface area contributed by atoms with E-state index in [0.717, 1.165) is 11.3 Å². The minimum atomic E-state index is -1.30. The van der Waals surface area contributed by atoms with Crippen LogP contribution in [0.25, 0.3) is 0 Å². The number of carbonyl (C=O) groups excluding carboxylic acids is 1. The van der Waals surface area contributed by atoms with Gasteiger partial charge >= 0.3 is 12.1 Å². The molecule has 1 aliphatic carbocycles. The Morgan fingerprint density at radius 1 is 1.30 bits per heavy atom. The van der Waals surface area contributed by atoms with E-state index in [1.165, 1.54) is 0 Å². The Morgan fingerprint density at radius 3 is 2.39 bits per heavy atom. The minimum absolute atomic E-state index is 0.275. The van der Waals surface area contributed by atoms with Crippen molar-refractivity contribution in [1.29, 1.82) is 0 Å². The Morgan fingerprint density at radius 2 is 1.91 bits per heavy atom. The van der Waals surface area contributed by atoms with Crippen molar-refractivity contribution in [2.75, 3.05) is 6.61 Å². The molecule has 2 N–H and O–H groups in total. The number of benzene rings is 1. The molecule has 0 spiro atoms. The number of rotatable bonds is 5. The molecule has 2 atom stereocenters. The summed E-state index contributed by atoms with van der Waals surface area (Å²) in [5.74, 6) is -0.594. The van der Waals surface area contributed by atoms with Gasteiger partial charge in [-0.3, -0.25) is 0 Å². The highest BCUT2D eigenvalue weighted by molar-refractivity contribution is 5.90. The number of hydrogen-bond acceptors (Lipinski definition) is 4. The Kier molecular flexibility index (Phi) is 4.54. The molecule has 2 unspecified atom stereocenters. The van der Waals surface area contributed by atoms with Crippen molar-refractivity contribution in [1.82, 2.24) is 5.32 Å². The van der Waals surface area contributed by atoms with Gasteiger partial charge in [0.15, 0.2) is 0 Å². The molecule has 0 heterocycles. The van der Waals surface area contributed by atoms with Crippen LogP contribution in [-0.2, 0) is 9.53 Å². The zero-order valence-electron chi connectivity index (χ0n) is 13.9. The highest BCUT2D eigenvalue weighted by atomic mass is 16.6. The average molecular weight is 321 g/mol. The van der Waals surface area contributed by atoms with Crippen molar-refractivity contribution >= 4 is 12.1 Å². The molecule has 0 radical (unpaired) electrons. The van der Waals surface area contributed by atoms with Crippen molar-refractivity contribution in [3.8, 4) is 5.75 Å². The van der Waals surface area contributed by atoms with Crippen molar-refractivity contribution < 1.29 is 24.2 Å². The lowest BCUT2D eigenvalue weighted by Crippen LogP contribution is -2.46. The SMILES string of the molecule is CCOc1ccc(C2CC2(NC(=O)OC(C)(C)C)C(=O)O)cc1. The largest absolute Gasteiger partial charge is 0.494 e. The topological polar surface area (TPSA) is 84.9 Å². The molecule has 0 aliphatic heterocycles. The van der Waals surface area contributed by atoms with Gasteiger partial charge in [-0.25, -0.2) is 9.59 Å². The summed E-state index contributed by atoms with van der Waals surface area (Å²) in [6.45, 7) is 7.67. The van der Waals surface area contributed by atoms with Gasteiger partial charge < -0.3 is 19.9 Å². The van der Waals surface area contributed by atoms with E-state index in [1.807, 2.05) is 19.1 Å². The predicted octanol–water partition coefficient (Wildman–Crippen LogP) is 2.92. The molecule has 23 heavy (non-hydrogen) atoms. The van der Waals surface area contributed by atoms with Gasteiger partial charge in [0.25, 0.3) is 0 Å². The Bertz CT molecular complexity index is 590. The van der Waals surface area contributed by atoms with Crippen LogP contribution in [0.4, 0.5) is 4.79 Å². The van der Waals surface area contributed by atoms with Crippen molar-refractivity contribution in [2.24, 2.45) is 0 Å². The third-order valence-electron chi connectivity index (χ3n) is 3.66. The second-order valence-electron chi connectivity index (χ2n) is 6.66. The first-order valence-electron chi connectivity index (χ1n) is 7.65. The number of nitrogens with one attached hydrogen (secondary N) is 1. The second kappa shape index (κ2) is 6.10. The van der Waals surface area contributed by atoms with Crippen molar-refractivity contribution in [3.05, 3.63) is 29.8 Å². The normalized spacial score (nSPS) is 23.0. The van der Waals surface area contributed by atoms with Crippen LogP contribution in [0.2, 0.25) is 0 Å². The smallest absolute Gasteiger partial charge is 0.408 e. The van der Waals surface area contributed by atoms with E-state index < -0.39 is 23.2 Å². The molecular weight excluding hydrogens is 298 g/mol. The van der Waals surface area contributed by atoms with Crippen LogP contribution in [-0.4, -0.2) is 34.9 Å². The first-order valence-corrected chi connectivity index (χ1v) is 7.65. The highest BCUT2D eigenvalue weighted by Gasteiger charge is 2.62. The lowest BCUT2D eigenvalue weighted by atomic mass is 10.1. The van der Waals surface area contributed by atoms with Gasteiger partial charge in [0, 0.05) is 5.92 Å². The lowest BCUT2D eigenvalue weighted by molar-refractivity contribution is -0.140. The fourth-order valence-corrected chi connectivity index (χ4v) is 2.54. The number of carbonyl (C=O) groups is 2. The molecule has 1 fully saturated rings. The first-order chi connectivity index (χ1) is 10.7. The summed E-state index contributed by atoms with van der Waals surface area (Å²) in [6.07, 6.45) is -0.372. The fraction of sp³-hybridized carbons (Fsp3) is 0.529. The van der Waals surface area contributed by atoms with Gasteiger partial charge in [-0.15, -0.1) is 0 Å². The molecule has 0 saturated heterocycles. The number of amides is 1. The highest BCUT2D eigenvalue weighted by Crippen LogP contribution is 2.52. The number of hydrogen-bond donors (Lipinski definition) is 2. The number of ether oxygens (including phenoxy) is 2. The molecule has 1 aromatic rings. The molecule has 1 aromatic carbocycles. The summed E-state index contributed by atoms with van der Waals surface area (Å²) in [5, 5.41) is 12.0. The molecule has 0 aromatic heterocycles. The van der Waals surface area contributed by atoms with E-state index >= 15 is 0 Å². The van der Waals surface area contributed by atoms with Gasteiger partial charge in [-0.05, 0) is 51.8 Å². The van der Waals surface area contributed by atoms with E-state index in [9.17, 15) is 14.7 Å². The van der Waals surface area contributed by atoms with E-state index in [-0.39, 0.29) is 5.92 Å². The Hall–Kier alpha value is -2.24. The number of aliphatic carboxylic acids is 1. The Balaban J connectivity index is 2.10. The standard InChI is InChI=1S/C17H23NO5/c1-5-22-12-8-6-11(7-9-12)13-10-17(13,14(19)20)18-15(21)23-16(2,3)4/h6-9,13H,5,10H2,1-4H3,(H,18,21)(H,19,20). The summed E-state index contributed by atoms with van der Waals surface area (Å²) in [6, 6.07) is 7.27. The molecule has 1 aliphatic rings. The van der Waals surface area contributed by atoms with Gasteiger partial charge in [0.1, 0.15) is 16.9 Å². The first kappa shape index (κ1) is 17.1. The monoisotopic (exact) mass is 321 g/mol. The fourth-order valence-electron chi connectivity index (χ4n) is 2.54. The van der Waals surface area contributed by atoms with Crippen molar-refractivity contribution in [2.45, 2.75) is 51.2 Å². The number of carboxylic acid groups (broad SMARTS) is 1. The van der Waals surface area contributed by atoms with E-state index in [4.69, 9.17) is 9.47 Å². The maximum atomic E-state index is 11.9. The second-order valence-corrected chi connectivity index (χ2v) is 6.66. The van der Waals surface area contributed by atoms with Crippen LogP contribution in [0.15, 0.2) is 24.3 Å². The zero-order valence-corrected chi connectivity index (χ0v) is 13.9. The molecule has 2 rings (SSSR count). The van der Waals surface area contributed by atoms with Crippen molar-refractivity contribution in [3.63, 3.8) is 0 Å². The van der Waals surface area contributed by atoms with Gasteiger partial charge in [-0.1, -0.05) is 12.1 Å². The van der Waals surface area contributed by atoms with Gasteiger partial charge in [-0.2, -0.15) is 0 Å². The van der Waals surface area contributed by atoms with Crippen LogP contribution in [0.5, 0.6) is 5.75 Å². The summed E-state index contributed by atoms with van der Waals surface area (Å²) < 4.78 is 10.5. The average Bonchev–Trinajstić information content (AvgIpc) is 3.13. The van der Waals surface area contributed by atoms with Gasteiger partial charge in [0.05, 0.1) is 6.61 Å². The number of carboxylic acids is 1. The summed E-state index contributed by atoms with van der Waals surface area (Å²) in [4.78, 5) is 23.6. The minimum Gasteiger partial charge on any atom is -0.494 e. The number of alkyl carbamates (subject to hydrolysis) is 1. The van der Waals surface area contributed by atoms with Crippen LogP contribution in [0.3, 0.4) is 0 Å². The lowest BCUT2D eigenvalue weighted by Gasteiger charge is -2.22. The molecule has 1 saturated carbocycles. The maximum absolute atomic E-state index is 11.9. The molecule has 126 valence electrons. The quantitative estimate of drug-likeness (QED) is 0.871. The predicted molar refractivity (Wildman–Crippen MR) is 84.7 cm³/mol. The van der Waals surface area contributed by atoms with Crippen LogP contribution >= 0.6 is 0 Å². The maximum Gasteiger partial charge on any atom is 0.408 e. The molecule has 6 nitrogen and oxygen atoms in total. The van der Waals surface area contributed by atoms with Gasteiger partial charge in [0.2, 0.25) is 0 Å². The van der Waals surface area contributed by atoms with E-state index in [1.54, 1.807) is 32.9 Å². The summed E-state index contributed by atoms with van der Waals surface area (Å²) in [7, 11) is 0.